The number of aryl methyl sites for hydroxylation is 2. The Hall–Kier alpha value is -1.16. The Labute approximate surface area is 105 Å². The highest BCUT2D eigenvalue weighted by molar-refractivity contribution is 7.14. The second-order valence-corrected chi connectivity index (χ2v) is 5.71. The van der Waals surface area contributed by atoms with E-state index >= 15 is 0 Å². The minimum absolute atomic E-state index is 0.0142. The molecule has 1 N–H and O–H groups in total. The summed E-state index contributed by atoms with van der Waals surface area (Å²) >= 11 is 1.57. The molecule has 1 unspecified atom stereocenters. The van der Waals surface area contributed by atoms with E-state index in [0.29, 0.717) is 0 Å². The fourth-order valence-corrected chi connectivity index (χ4v) is 3.13. The van der Waals surface area contributed by atoms with Crippen LogP contribution >= 0.6 is 11.3 Å². The summed E-state index contributed by atoms with van der Waals surface area (Å²) in [5.41, 5.74) is 1.32. The number of hydrogen-bond acceptors (Lipinski definition) is 3. The standard InChI is InChI=1S/C13H17NO2S/c1-8(9(2)15)14-13(16)12-7-10-5-3-4-6-11(10)17-12/h7-8H,3-6H2,1-2H3,(H,14,16). The summed E-state index contributed by atoms with van der Waals surface area (Å²) in [5, 5.41) is 2.73. The van der Waals surface area contributed by atoms with Gasteiger partial charge in [-0.05, 0) is 51.2 Å². The molecule has 4 heteroatoms. The van der Waals surface area contributed by atoms with Crippen molar-refractivity contribution in [3.05, 3.63) is 21.4 Å². The Balaban J connectivity index is 2.09. The number of thiophene rings is 1. The van der Waals surface area contributed by atoms with Crippen molar-refractivity contribution in [2.24, 2.45) is 0 Å². The van der Waals surface area contributed by atoms with Crippen LogP contribution in [0.4, 0.5) is 0 Å². The van der Waals surface area contributed by atoms with E-state index in [2.05, 4.69) is 5.32 Å². The number of carbonyl (C=O) groups is 2. The molecule has 1 atom stereocenters. The maximum atomic E-state index is 11.9. The predicted molar refractivity (Wildman–Crippen MR) is 68.6 cm³/mol. The van der Waals surface area contributed by atoms with Gasteiger partial charge in [0.1, 0.15) is 0 Å². The lowest BCUT2D eigenvalue weighted by Gasteiger charge is -2.08. The molecule has 3 nitrogen and oxygen atoms in total. The molecule has 0 saturated carbocycles. The van der Waals surface area contributed by atoms with Crippen LogP contribution in [0.3, 0.4) is 0 Å². The van der Waals surface area contributed by atoms with E-state index in [-0.39, 0.29) is 11.7 Å². The summed E-state index contributed by atoms with van der Waals surface area (Å²) in [6.07, 6.45) is 4.62. The number of amides is 1. The van der Waals surface area contributed by atoms with Crippen molar-refractivity contribution < 1.29 is 9.59 Å². The number of hydrogen-bond donors (Lipinski definition) is 1. The Kier molecular flexibility index (Phi) is 3.62. The fourth-order valence-electron chi connectivity index (χ4n) is 1.97. The van der Waals surface area contributed by atoms with Gasteiger partial charge in [-0.15, -0.1) is 11.3 Å². The van der Waals surface area contributed by atoms with Crippen LogP contribution in [0, 0.1) is 0 Å². The lowest BCUT2D eigenvalue weighted by Crippen LogP contribution is -2.36. The maximum Gasteiger partial charge on any atom is 0.261 e. The van der Waals surface area contributed by atoms with Gasteiger partial charge in [-0.25, -0.2) is 0 Å². The third-order valence-corrected chi connectivity index (χ3v) is 4.41. The smallest absolute Gasteiger partial charge is 0.261 e. The highest BCUT2D eigenvalue weighted by atomic mass is 32.1. The summed E-state index contributed by atoms with van der Waals surface area (Å²) in [6, 6.07) is 1.59. The second kappa shape index (κ2) is 5.00. The van der Waals surface area contributed by atoms with Crippen LogP contribution in [-0.2, 0) is 17.6 Å². The van der Waals surface area contributed by atoms with Crippen LogP contribution in [0.25, 0.3) is 0 Å². The minimum atomic E-state index is -0.401. The molecule has 1 aromatic rings. The molecule has 0 fully saturated rings. The maximum absolute atomic E-state index is 11.9. The first-order chi connectivity index (χ1) is 8.08. The van der Waals surface area contributed by atoms with E-state index in [4.69, 9.17) is 0 Å². The number of nitrogens with one attached hydrogen (secondary N) is 1. The van der Waals surface area contributed by atoms with Gasteiger partial charge in [0, 0.05) is 4.88 Å². The minimum Gasteiger partial charge on any atom is -0.342 e. The van der Waals surface area contributed by atoms with E-state index in [1.807, 2.05) is 6.07 Å². The van der Waals surface area contributed by atoms with Crippen LogP contribution < -0.4 is 5.32 Å². The summed E-state index contributed by atoms with van der Waals surface area (Å²) in [7, 11) is 0. The van der Waals surface area contributed by atoms with Gasteiger partial charge in [-0.2, -0.15) is 0 Å². The number of rotatable bonds is 3. The van der Waals surface area contributed by atoms with Gasteiger partial charge in [-0.3, -0.25) is 9.59 Å². The number of ketones is 1. The number of fused-ring (bicyclic) bond motifs is 1. The summed E-state index contributed by atoms with van der Waals surface area (Å²) in [5.74, 6) is -0.133. The third kappa shape index (κ3) is 2.75. The summed E-state index contributed by atoms with van der Waals surface area (Å²) < 4.78 is 0. The Bertz CT molecular complexity index is 427. The Morgan fingerprint density at radius 2 is 2.06 bits per heavy atom. The van der Waals surface area contributed by atoms with E-state index in [1.165, 1.54) is 30.2 Å². The van der Waals surface area contributed by atoms with Gasteiger partial charge in [0.05, 0.1) is 10.9 Å². The molecule has 1 aliphatic rings. The van der Waals surface area contributed by atoms with Gasteiger partial charge in [0.2, 0.25) is 0 Å². The van der Waals surface area contributed by atoms with Crippen molar-refractivity contribution in [1.29, 1.82) is 0 Å². The van der Waals surface area contributed by atoms with Crippen LogP contribution in [0.2, 0.25) is 0 Å². The second-order valence-electron chi connectivity index (χ2n) is 4.57. The van der Waals surface area contributed by atoms with E-state index in [0.717, 1.165) is 17.7 Å². The fraction of sp³-hybridized carbons (Fsp3) is 0.538. The molecule has 0 radical (unpaired) electrons. The lowest BCUT2D eigenvalue weighted by molar-refractivity contribution is -0.118. The molecule has 0 spiro atoms. The molecule has 1 aliphatic carbocycles. The highest BCUT2D eigenvalue weighted by Crippen LogP contribution is 2.29. The molecular formula is C13H17NO2S. The van der Waals surface area contributed by atoms with Crippen molar-refractivity contribution in [3.8, 4) is 0 Å². The Morgan fingerprint density at radius 1 is 1.35 bits per heavy atom. The van der Waals surface area contributed by atoms with Crippen molar-refractivity contribution in [3.63, 3.8) is 0 Å². The normalized spacial score (nSPS) is 16.1. The van der Waals surface area contributed by atoms with E-state index in [9.17, 15) is 9.59 Å². The summed E-state index contributed by atoms with van der Waals surface area (Å²) in [6.45, 7) is 3.21. The predicted octanol–water partition coefficient (Wildman–Crippen LogP) is 2.33. The van der Waals surface area contributed by atoms with E-state index < -0.39 is 6.04 Å². The molecule has 17 heavy (non-hydrogen) atoms. The van der Waals surface area contributed by atoms with Crippen molar-refractivity contribution in [1.82, 2.24) is 5.32 Å². The van der Waals surface area contributed by atoms with Crippen LogP contribution in [0.1, 0.15) is 46.8 Å². The number of carbonyl (C=O) groups excluding carboxylic acids is 2. The van der Waals surface area contributed by atoms with Crippen LogP contribution in [0.5, 0.6) is 0 Å². The average Bonchev–Trinajstić information content (AvgIpc) is 2.72. The average molecular weight is 251 g/mol. The first kappa shape index (κ1) is 12.3. The first-order valence-electron chi connectivity index (χ1n) is 6.01. The molecule has 2 rings (SSSR count). The lowest BCUT2D eigenvalue weighted by atomic mass is 9.99. The van der Waals surface area contributed by atoms with Crippen molar-refractivity contribution >= 4 is 23.0 Å². The molecule has 92 valence electrons. The quantitative estimate of drug-likeness (QED) is 0.896. The molecule has 0 aromatic carbocycles. The van der Waals surface area contributed by atoms with Gasteiger partial charge in [0.15, 0.2) is 5.78 Å². The zero-order valence-corrected chi connectivity index (χ0v) is 11.0. The molecule has 1 aromatic heterocycles. The third-order valence-electron chi connectivity index (χ3n) is 3.18. The topological polar surface area (TPSA) is 46.2 Å². The van der Waals surface area contributed by atoms with Gasteiger partial charge in [0.25, 0.3) is 5.91 Å². The van der Waals surface area contributed by atoms with Crippen molar-refractivity contribution in [2.75, 3.05) is 0 Å². The highest BCUT2D eigenvalue weighted by Gasteiger charge is 2.19. The molecule has 1 heterocycles. The molecule has 1 amide bonds. The Morgan fingerprint density at radius 3 is 2.71 bits per heavy atom. The zero-order valence-electron chi connectivity index (χ0n) is 10.2. The molecular weight excluding hydrogens is 234 g/mol. The largest absolute Gasteiger partial charge is 0.342 e. The monoisotopic (exact) mass is 251 g/mol. The molecule has 0 bridgehead atoms. The first-order valence-corrected chi connectivity index (χ1v) is 6.82. The summed E-state index contributed by atoms with van der Waals surface area (Å²) in [4.78, 5) is 25.1. The SMILES string of the molecule is CC(=O)C(C)NC(=O)c1cc2c(s1)CCCC2. The van der Waals surface area contributed by atoms with E-state index in [1.54, 1.807) is 18.3 Å². The van der Waals surface area contributed by atoms with Gasteiger partial charge >= 0.3 is 0 Å². The molecule has 0 saturated heterocycles. The molecule has 0 aliphatic heterocycles. The van der Waals surface area contributed by atoms with Crippen LogP contribution in [-0.4, -0.2) is 17.7 Å². The van der Waals surface area contributed by atoms with Crippen LogP contribution in [0.15, 0.2) is 6.07 Å². The van der Waals surface area contributed by atoms with Crippen molar-refractivity contribution in [2.45, 2.75) is 45.6 Å². The number of Topliss-reactive ketones (excluding diaryl/α,β-unsaturated/α-hetero) is 1. The van der Waals surface area contributed by atoms with Gasteiger partial charge in [-0.1, -0.05) is 0 Å². The zero-order chi connectivity index (χ0) is 12.4. The van der Waals surface area contributed by atoms with Gasteiger partial charge < -0.3 is 5.32 Å².